The Balaban J connectivity index is 2.36. The van der Waals surface area contributed by atoms with Crippen LogP contribution in [0.1, 0.15) is 47.0 Å². The molecule has 0 heterocycles. The molecule has 0 aromatic heterocycles. The maximum atomic E-state index is 6.86. The summed E-state index contributed by atoms with van der Waals surface area (Å²) in [6.45, 7) is 9.90. The minimum Gasteiger partial charge on any atom is -0.407 e. The van der Waals surface area contributed by atoms with E-state index >= 15 is 0 Å². The quantitative estimate of drug-likeness (QED) is 0.355. The summed E-state index contributed by atoms with van der Waals surface area (Å²) >= 11 is 0. The van der Waals surface area contributed by atoms with Gasteiger partial charge in [-0.1, -0.05) is 93.6 Å². The summed E-state index contributed by atoms with van der Waals surface area (Å²) in [6.07, 6.45) is 7.80. The van der Waals surface area contributed by atoms with Gasteiger partial charge in [0.1, 0.15) is 0 Å². The molecule has 0 aliphatic rings. The molecule has 25 heavy (non-hydrogen) atoms. The van der Waals surface area contributed by atoms with Gasteiger partial charge >= 0.3 is 0 Å². The summed E-state index contributed by atoms with van der Waals surface area (Å²) in [5.41, 5.74) is 0. The first-order valence-electron chi connectivity index (χ1n) is 9.38. The van der Waals surface area contributed by atoms with Crippen LogP contribution in [0.15, 0.2) is 72.8 Å². The first-order valence-corrected chi connectivity index (χ1v) is 11.3. The van der Waals surface area contributed by atoms with Gasteiger partial charge in [-0.25, -0.2) is 0 Å². The van der Waals surface area contributed by atoms with Gasteiger partial charge in [-0.3, -0.25) is 0 Å². The lowest BCUT2D eigenvalue weighted by molar-refractivity contribution is 0.289. The summed E-state index contributed by atoms with van der Waals surface area (Å²) in [6, 6.07) is 21.8. The molecule has 0 radical (unpaired) electrons. The lowest BCUT2D eigenvalue weighted by Crippen LogP contribution is -2.66. The third kappa shape index (κ3) is 4.71. The number of benzene rings is 2. The van der Waals surface area contributed by atoms with E-state index < -0.39 is 8.32 Å². The van der Waals surface area contributed by atoms with Crippen molar-refractivity contribution in [2.24, 2.45) is 0 Å². The average Bonchev–Trinajstić information content (AvgIpc) is 2.62. The van der Waals surface area contributed by atoms with E-state index in [0.717, 1.165) is 19.4 Å². The zero-order chi connectivity index (χ0) is 18.2. The predicted molar refractivity (Wildman–Crippen MR) is 112 cm³/mol. The Labute approximate surface area is 154 Å². The second-order valence-corrected chi connectivity index (χ2v) is 11.9. The molecule has 2 aromatic carbocycles. The summed E-state index contributed by atoms with van der Waals surface area (Å²) < 4.78 is 6.86. The molecule has 0 bridgehead atoms. The summed E-state index contributed by atoms with van der Waals surface area (Å²) in [7, 11) is -2.34. The topological polar surface area (TPSA) is 9.23 Å². The van der Waals surface area contributed by atoms with Crippen LogP contribution in [0, 0.1) is 0 Å². The second-order valence-electron chi connectivity index (χ2n) is 7.58. The molecule has 1 nitrogen and oxygen atoms in total. The molecule has 2 heteroatoms. The monoisotopic (exact) mass is 352 g/mol. The van der Waals surface area contributed by atoms with Crippen molar-refractivity contribution in [3.8, 4) is 0 Å². The van der Waals surface area contributed by atoms with Gasteiger partial charge in [0.2, 0.25) is 0 Å². The van der Waals surface area contributed by atoms with Crippen LogP contribution >= 0.6 is 0 Å². The second kappa shape index (κ2) is 9.16. The van der Waals surface area contributed by atoms with Gasteiger partial charge in [0.25, 0.3) is 8.32 Å². The molecule has 0 unspecified atom stereocenters. The van der Waals surface area contributed by atoms with Gasteiger partial charge in [-0.15, -0.1) is 0 Å². The first kappa shape index (κ1) is 19.7. The first-order chi connectivity index (χ1) is 12.0. The molecule has 0 aliphatic carbocycles. The van der Waals surface area contributed by atoms with Crippen LogP contribution in [0.25, 0.3) is 0 Å². The van der Waals surface area contributed by atoms with Gasteiger partial charge < -0.3 is 4.43 Å². The Morgan fingerprint density at radius 3 is 1.80 bits per heavy atom. The Bertz CT molecular complexity index is 601. The number of hydrogen-bond acceptors (Lipinski definition) is 1. The predicted octanol–water partition coefficient (Wildman–Crippen LogP) is 5.31. The molecule has 134 valence electrons. The Hall–Kier alpha value is -1.64. The fraction of sp³-hybridized carbons (Fsp3) is 0.391. The Kier molecular flexibility index (Phi) is 7.21. The zero-order valence-corrected chi connectivity index (χ0v) is 17.2. The highest BCUT2D eigenvalue weighted by atomic mass is 28.4. The van der Waals surface area contributed by atoms with Crippen molar-refractivity contribution in [3.05, 3.63) is 72.8 Å². The molecular weight excluding hydrogens is 320 g/mol. The fourth-order valence-electron chi connectivity index (χ4n) is 3.52. The zero-order valence-electron chi connectivity index (χ0n) is 16.2. The fourth-order valence-corrected chi connectivity index (χ4v) is 8.12. The van der Waals surface area contributed by atoms with Crippen LogP contribution in [-0.2, 0) is 4.43 Å². The standard InChI is InChI=1S/C23H32OSi/c1-5-6-7-8-15-20-24-25(23(2,3)4,21-16-11-9-12-17-21)22-18-13-10-14-19-22/h5-6,9-14,16-19H,7-8,15,20H2,1-4H3/b6-5-. The Morgan fingerprint density at radius 1 is 0.840 bits per heavy atom. The van der Waals surface area contributed by atoms with E-state index in [1.807, 2.05) is 0 Å². The molecule has 0 amide bonds. The highest BCUT2D eigenvalue weighted by Gasteiger charge is 2.49. The summed E-state index contributed by atoms with van der Waals surface area (Å²) in [5, 5.41) is 2.79. The third-order valence-corrected chi connectivity index (χ3v) is 9.78. The van der Waals surface area contributed by atoms with Crippen LogP contribution in [0.3, 0.4) is 0 Å². The molecule has 0 atom stereocenters. The molecule has 0 saturated carbocycles. The van der Waals surface area contributed by atoms with Crippen LogP contribution in [0.5, 0.6) is 0 Å². The van der Waals surface area contributed by atoms with Gasteiger partial charge in [-0.05, 0) is 41.6 Å². The van der Waals surface area contributed by atoms with Crippen LogP contribution < -0.4 is 10.4 Å². The minimum absolute atomic E-state index is 0.0685. The maximum Gasteiger partial charge on any atom is 0.261 e. The highest BCUT2D eigenvalue weighted by Crippen LogP contribution is 2.36. The van der Waals surface area contributed by atoms with Gasteiger partial charge in [-0.2, -0.15) is 0 Å². The van der Waals surface area contributed by atoms with E-state index in [0.29, 0.717) is 0 Å². The molecule has 2 aromatic rings. The van der Waals surface area contributed by atoms with Crippen molar-refractivity contribution in [2.45, 2.75) is 52.0 Å². The number of hydrogen-bond donors (Lipinski definition) is 0. The van der Waals surface area contributed by atoms with E-state index in [-0.39, 0.29) is 5.04 Å². The molecule has 0 saturated heterocycles. The largest absolute Gasteiger partial charge is 0.407 e. The van der Waals surface area contributed by atoms with E-state index in [1.165, 1.54) is 16.8 Å². The summed E-state index contributed by atoms with van der Waals surface area (Å²) in [5.74, 6) is 0. The lowest BCUT2D eigenvalue weighted by atomic mass is 10.2. The molecule has 0 N–H and O–H groups in total. The molecule has 0 spiro atoms. The van der Waals surface area contributed by atoms with Crippen molar-refractivity contribution >= 4 is 18.7 Å². The maximum absolute atomic E-state index is 6.86. The van der Waals surface area contributed by atoms with Gasteiger partial charge in [0.05, 0.1) is 0 Å². The van der Waals surface area contributed by atoms with E-state index in [9.17, 15) is 0 Å². The van der Waals surface area contributed by atoms with Gasteiger partial charge in [0, 0.05) is 6.61 Å². The van der Waals surface area contributed by atoms with Crippen LogP contribution in [0.2, 0.25) is 5.04 Å². The molecular formula is C23H32OSi. The number of unbranched alkanes of at least 4 members (excludes halogenated alkanes) is 2. The van der Waals surface area contributed by atoms with Crippen molar-refractivity contribution in [1.29, 1.82) is 0 Å². The van der Waals surface area contributed by atoms with E-state index in [1.54, 1.807) is 0 Å². The van der Waals surface area contributed by atoms with Crippen molar-refractivity contribution in [2.75, 3.05) is 6.61 Å². The number of rotatable bonds is 8. The molecule has 2 rings (SSSR count). The average molecular weight is 353 g/mol. The smallest absolute Gasteiger partial charge is 0.261 e. The van der Waals surface area contributed by atoms with Crippen molar-refractivity contribution in [3.63, 3.8) is 0 Å². The van der Waals surface area contributed by atoms with Crippen LogP contribution in [0.4, 0.5) is 0 Å². The minimum atomic E-state index is -2.34. The van der Waals surface area contributed by atoms with Crippen molar-refractivity contribution in [1.82, 2.24) is 0 Å². The van der Waals surface area contributed by atoms with E-state index in [4.69, 9.17) is 4.43 Å². The van der Waals surface area contributed by atoms with Crippen LogP contribution in [-0.4, -0.2) is 14.9 Å². The van der Waals surface area contributed by atoms with Crippen molar-refractivity contribution < 1.29 is 4.43 Å². The van der Waals surface area contributed by atoms with E-state index in [2.05, 4.69) is 101 Å². The Morgan fingerprint density at radius 2 is 1.36 bits per heavy atom. The molecule has 0 fully saturated rings. The number of allylic oxidation sites excluding steroid dienone is 2. The van der Waals surface area contributed by atoms with Gasteiger partial charge in [0.15, 0.2) is 0 Å². The molecule has 0 aliphatic heterocycles. The highest BCUT2D eigenvalue weighted by molar-refractivity contribution is 6.99. The SMILES string of the molecule is C/C=C\CCCCO[Si](c1ccccc1)(c1ccccc1)C(C)(C)C. The third-order valence-electron chi connectivity index (χ3n) is 4.74. The summed E-state index contributed by atoms with van der Waals surface area (Å²) in [4.78, 5) is 0. The lowest BCUT2D eigenvalue weighted by Gasteiger charge is -2.43. The normalized spacial score (nSPS) is 12.6.